The standard InChI is InChI=1S/C18H27F2N/c1-3-11-21-17(14-9-7-13(2)8-10-14)12-15-5-4-6-16(19)18(15)20/h4-6,13-14,17,21H,3,7-12H2,1-2H3. The van der Waals surface area contributed by atoms with E-state index in [0.717, 1.165) is 18.9 Å². The molecule has 0 spiro atoms. The van der Waals surface area contributed by atoms with E-state index in [-0.39, 0.29) is 6.04 Å². The molecule has 0 bridgehead atoms. The summed E-state index contributed by atoms with van der Waals surface area (Å²) in [6.07, 6.45) is 6.54. The fraction of sp³-hybridized carbons (Fsp3) is 0.667. The van der Waals surface area contributed by atoms with E-state index in [1.165, 1.54) is 31.7 Å². The first-order valence-electron chi connectivity index (χ1n) is 8.28. The van der Waals surface area contributed by atoms with Gasteiger partial charge in [-0.05, 0) is 55.7 Å². The van der Waals surface area contributed by atoms with Crippen LogP contribution in [0.5, 0.6) is 0 Å². The molecule has 2 rings (SSSR count). The number of halogens is 2. The molecule has 1 unspecified atom stereocenters. The molecule has 0 amide bonds. The molecule has 1 saturated carbocycles. The van der Waals surface area contributed by atoms with Crippen molar-refractivity contribution in [2.24, 2.45) is 11.8 Å². The van der Waals surface area contributed by atoms with Crippen molar-refractivity contribution in [3.8, 4) is 0 Å². The van der Waals surface area contributed by atoms with Crippen molar-refractivity contribution in [1.29, 1.82) is 0 Å². The van der Waals surface area contributed by atoms with E-state index < -0.39 is 11.6 Å². The summed E-state index contributed by atoms with van der Waals surface area (Å²) in [4.78, 5) is 0. The summed E-state index contributed by atoms with van der Waals surface area (Å²) in [6, 6.07) is 4.77. The second-order valence-electron chi connectivity index (χ2n) is 6.50. The molecule has 3 heteroatoms. The molecular weight excluding hydrogens is 268 g/mol. The lowest BCUT2D eigenvalue weighted by atomic mass is 9.77. The molecule has 1 aliphatic rings. The van der Waals surface area contributed by atoms with Crippen LogP contribution in [0, 0.1) is 23.5 Å². The van der Waals surface area contributed by atoms with Gasteiger partial charge >= 0.3 is 0 Å². The Balaban J connectivity index is 2.06. The third-order valence-corrected chi connectivity index (χ3v) is 4.76. The Morgan fingerprint density at radius 2 is 1.90 bits per heavy atom. The highest BCUT2D eigenvalue weighted by Crippen LogP contribution is 2.32. The van der Waals surface area contributed by atoms with Crippen LogP contribution in [0.25, 0.3) is 0 Å². The molecule has 1 aromatic carbocycles. The van der Waals surface area contributed by atoms with Crippen molar-refractivity contribution >= 4 is 0 Å². The predicted molar refractivity (Wildman–Crippen MR) is 83.3 cm³/mol. The van der Waals surface area contributed by atoms with Crippen molar-refractivity contribution in [1.82, 2.24) is 5.32 Å². The summed E-state index contributed by atoms with van der Waals surface area (Å²) in [5.41, 5.74) is 0.502. The molecule has 0 saturated heterocycles. The lowest BCUT2D eigenvalue weighted by Crippen LogP contribution is -2.40. The molecule has 1 N–H and O–H groups in total. The van der Waals surface area contributed by atoms with Crippen LogP contribution in [0.4, 0.5) is 8.78 Å². The van der Waals surface area contributed by atoms with Crippen molar-refractivity contribution in [3.63, 3.8) is 0 Å². The second kappa shape index (κ2) is 7.88. The number of nitrogens with one attached hydrogen (secondary N) is 1. The minimum atomic E-state index is -0.737. The largest absolute Gasteiger partial charge is 0.313 e. The van der Waals surface area contributed by atoms with E-state index in [1.54, 1.807) is 12.1 Å². The van der Waals surface area contributed by atoms with Crippen LogP contribution in [0.3, 0.4) is 0 Å². The summed E-state index contributed by atoms with van der Waals surface area (Å²) in [5.74, 6) is -0.0293. The SMILES string of the molecule is CCCNC(Cc1cccc(F)c1F)C1CCC(C)CC1. The van der Waals surface area contributed by atoms with E-state index in [4.69, 9.17) is 0 Å². The molecule has 1 atom stereocenters. The first-order valence-corrected chi connectivity index (χ1v) is 8.28. The maximum absolute atomic E-state index is 13.9. The van der Waals surface area contributed by atoms with Gasteiger partial charge in [-0.15, -0.1) is 0 Å². The van der Waals surface area contributed by atoms with Crippen LogP contribution in [0.15, 0.2) is 18.2 Å². The van der Waals surface area contributed by atoms with Gasteiger partial charge in [-0.1, -0.05) is 38.8 Å². The van der Waals surface area contributed by atoms with Crippen LogP contribution in [0.2, 0.25) is 0 Å². The molecule has 1 fully saturated rings. The summed E-state index contributed by atoms with van der Waals surface area (Å²) in [6.45, 7) is 5.38. The summed E-state index contributed by atoms with van der Waals surface area (Å²) < 4.78 is 27.3. The fourth-order valence-electron chi connectivity index (χ4n) is 3.37. The number of hydrogen-bond donors (Lipinski definition) is 1. The lowest BCUT2D eigenvalue weighted by molar-refractivity contribution is 0.227. The zero-order valence-electron chi connectivity index (χ0n) is 13.2. The average Bonchev–Trinajstić information content (AvgIpc) is 2.49. The van der Waals surface area contributed by atoms with Crippen molar-refractivity contribution in [2.45, 2.75) is 58.4 Å². The molecule has 21 heavy (non-hydrogen) atoms. The van der Waals surface area contributed by atoms with Gasteiger partial charge in [0.1, 0.15) is 0 Å². The zero-order valence-corrected chi connectivity index (χ0v) is 13.2. The van der Waals surface area contributed by atoms with Gasteiger partial charge in [-0.2, -0.15) is 0 Å². The molecule has 118 valence electrons. The lowest BCUT2D eigenvalue weighted by Gasteiger charge is -2.33. The Bertz CT molecular complexity index is 439. The monoisotopic (exact) mass is 295 g/mol. The van der Waals surface area contributed by atoms with Crippen molar-refractivity contribution in [3.05, 3.63) is 35.4 Å². The highest BCUT2D eigenvalue weighted by Gasteiger charge is 2.26. The first-order chi connectivity index (χ1) is 10.1. The molecule has 0 radical (unpaired) electrons. The van der Waals surface area contributed by atoms with Gasteiger partial charge in [0.05, 0.1) is 0 Å². The quantitative estimate of drug-likeness (QED) is 0.802. The van der Waals surface area contributed by atoms with E-state index in [1.807, 2.05) is 0 Å². The van der Waals surface area contributed by atoms with E-state index in [0.29, 0.717) is 17.9 Å². The van der Waals surface area contributed by atoms with Gasteiger partial charge in [-0.3, -0.25) is 0 Å². The molecule has 1 nitrogen and oxygen atoms in total. The minimum absolute atomic E-state index is 0.258. The molecule has 1 aliphatic carbocycles. The third kappa shape index (κ3) is 4.50. The molecule has 0 heterocycles. The Labute approximate surface area is 127 Å². The highest BCUT2D eigenvalue weighted by molar-refractivity contribution is 5.20. The summed E-state index contributed by atoms with van der Waals surface area (Å²) >= 11 is 0. The van der Waals surface area contributed by atoms with Gasteiger partial charge in [0.15, 0.2) is 11.6 Å². The van der Waals surface area contributed by atoms with Gasteiger partial charge in [0.2, 0.25) is 0 Å². The zero-order chi connectivity index (χ0) is 15.2. The van der Waals surface area contributed by atoms with E-state index in [2.05, 4.69) is 19.2 Å². The maximum Gasteiger partial charge on any atom is 0.162 e. The number of hydrogen-bond acceptors (Lipinski definition) is 1. The topological polar surface area (TPSA) is 12.0 Å². The van der Waals surface area contributed by atoms with Crippen LogP contribution in [0.1, 0.15) is 51.5 Å². The summed E-state index contributed by atoms with van der Waals surface area (Å²) in [5, 5.41) is 3.56. The number of benzene rings is 1. The average molecular weight is 295 g/mol. The molecule has 1 aromatic rings. The normalized spacial score (nSPS) is 24.0. The van der Waals surface area contributed by atoms with Crippen LogP contribution in [-0.2, 0) is 6.42 Å². The fourth-order valence-corrected chi connectivity index (χ4v) is 3.37. The van der Waals surface area contributed by atoms with Gasteiger partial charge in [0, 0.05) is 6.04 Å². The third-order valence-electron chi connectivity index (χ3n) is 4.76. The van der Waals surface area contributed by atoms with E-state index >= 15 is 0 Å². The van der Waals surface area contributed by atoms with Crippen molar-refractivity contribution in [2.75, 3.05) is 6.54 Å². The van der Waals surface area contributed by atoms with Gasteiger partial charge in [-0.25, -0.2) is 8.78 Å². The number of rotatable bonds is 6. The van der Waals surface area contributed by atoms with Gasteiger partial charge < -0.3 is 5.32 Å². The van der Waals surface area contributed by atoms with E-state index in [9.17, 15) is 8.78 Å². The second-order valence-corrected chi connectivity index (χ2v) is 6.50. The minimum Gasteiger partial charge on any atom is -0.313 e. The smallest absolute Gasteiger partial charge is 0.162 e. The Kier molecular flexibility index (Phi) is 6.16. The first kappa shape index (κ1) is 16.4. The Morgan fingerprint density at radius 1 is 1.19 bits per heavy atom. The molecule has 0 aromatic heterocycles. The van der Waals surface area contributed by atoms with Crippen molar-refractivity contribution < 1.29 is 8.78 Å². The molecule has 0 aliphatic heterocycles. The highest BCUT2D eigenvalue weighted by atomic mass is 19.2. The van der Waals surface area contributed by atoms with Crippen LogP contribution in [-0.4, -0.2) is 12.6 Å². The Hall–Kier alpha value is -0.960. The predicted octanol–water partition coefficient (Wildman–Crippen LogP) is 4.70. The van der Waals surface area contributed by atoms with Crippen LogP contribution >= 0.6 is 0 Å². The maximum atomic E-state index is 13.9. The summed E-state index contributed by atoms with van der Waals surface area (Å²) in [7, 11) is 0. The van der Waals surface area contributed by atoms with Gasteiger partial charge in [0.25, 0.3) is 0 Å². The Morgan fingerprint density at radius 3 is 2.57 bits per heavy atom. The van der Waals surface area contributed by atoms with Crippen LogP contribution < -0.4 is 5.32 Å². The molecular formula is C18H27F2N.